The van der Waals surface area contributed by atoms with Crippen molar-refractivity contribution in [1.82, 2.24) is 10.6 Å². The van der Waals surface area contributed by atoms with E-state index in [0.717, 1.165) is 26.2 Å². The molecule has 0 amide bonds. The molecule has 2 aromatic rings. The van der Waals surface area contributed by atoms with E-state index in [4.69, 9.17) is 18.6 Å². The van der Waals surface area contributed by atoms with Gasteiger partial charge in [-0.25, -0.2) is 18.6 Å². The summed E-state index contributed by atoms with van der Waals surface area (Å²) in [5.41, 5.74) is -0.917. The average molecular weight is 517 g/mol. The maximum atomic E-state index is 10.5. The van der Waals surface area contributed by atoms with Gasteiger partial charge in [-0.05, 0) is 25.2 Å². The second-order valence-corrected chi connectivity index (χ2v) is 6.12. The van der Waals surface area contributed by atoms with Crippen LogP contribution in [-0.2, 0) is 16.8 Å². The average Bonchev–Trinajstić information content (AvgIpc) is 2.99. The molecule has 0 aliphatic rings. The Balaban J connectivity index is -0.000000355. The van der Waals surface area contributed by atoms with Gasteiger partial charge in [0.15, 0.2) is 10.9 Å². The van der Waals surface area contributed by atoms with Gasteiger partial charge in [-0.15, -0.1) is 10.2 Å². The molecule has 180 valence electrons. The zero-order chi connectivity index (χ0) is 24.1. The summed E-state index contributed by atoms with van der Waals surface area (Å²) >= 11 is 0. The van der Waals surface area contributed by atoms with E-state index < -0.39 is 32.6 Å². The van der Waals surface area contributed by atoms with E-state index in [0.29, 0.717) is 0 Å². The monoisotopic (exact) mass is 516 g/mol. The van der Waals surface area contributed by atoms with Crippen molar-refractivity contribution in [2.45, 2.75) is 13.8 Å². The van der Waals surface area contributed by atoms with Crippen molar-refractivity contribution in [3.63, 3.8) is 0 Å². The third-order valence-corrected chi connectivity index (χ3v) is 2.90. The standard InChI is InChI=1S/2C7H6O2.C6H16N2.ClHO4.Co/c2*8-6-4-2-1-3-5-7(6)9;1-3-7-5-6-8-4-2;2-1(3,4)5;/h2*1-5H,(H,8,9);7-8H,3-6H2,1-2H3;(H,2,3,4,5);/q;;;;+3/p-3. The molecule has 0 fully saturated rings. The van der Waals surface area contributed by atoms with Gasteiger partial charge in [0.1, 0.15) is 0 Å². The number of nitrogens with one attached hydrogen (secondary N) is 2. The molecule has 0 saturated heterocycles. The largest absolute Gasteiger partial charge is 3.00 e. The molecule has 0 radical (unpaired) electrons. The first-order valence-corrected chi connectivity index (χ1v) is 10.3. The summed E-state index contributed by atoms with van der Waals surface area (Å²) in [7, 11) is -4.94. The third kappa shape index (κ3) is 27.9. The number of halogens is 1. The van der Waals surface area contributed by atoms with Crippen molar-refractivity contribution in [2.75, 3.05) is 26.2 Å². The van der Waals surface area contributed by atoms with Gasteiger partial charge in [-0.2, -0.15) is 0 Å². The Bertz CT molecular complexity index is 757. The number of rotatable bonds is 5. The summed E-state index contributed by atoms with van der Waals surface area (Å²) in [4.78, 5) is 21.0. The Hall–Kier alpha value is -2.06. The minimum atomic E-state index is -4.94. The van der Waals surface area contributed by atoms with Gasteiger partial charge in [0, 0.05) is 13.1 Å². The Morgan fingerprint density at radius 1 is 0.656 bits per heavy atom. The molecule has 10 nitrogen and oxygen atoms in total. The van der Waals surface area contributed by atoms with Crippen molar-refractivity contribution < 1.29 is 55.9 Å². The molecule has 0 aliphatic carbocycles. The van der Waals surface area contributed by atoms with Crippen molar-refractivity contribution in [3.8, 4) is 11.5 Å². The van der Waals surface area contributed by atoms with E-state index in [1.54, 1.807) is 36.4 Å². The number of hydrogen-bond acceptors (Lipinski definition) is 10. The second kappa shape index (κ2) is 22.1. The van der Waals surface area contributed by atoms with Crippen LogP contribution in [0.2, 0.25) is 0 Å². The molecule has 12 heteroatoms. The Labute approximate surface area is 199 Å². The van der Waals surface area contributed by atoms with Gasteiger partial charge < -0.3 is 20.8 Å². The smallest absolute Gasteiger partial charge is 0.870 e. The first kappa shape index (κ1) is 34.5. The fourth-order valence-corrected chi connectivity index (χ4v) is 1.56. The van der Waals surface area contributed by atoms with Crippen molar-refractivity contribution in [3.05, 3.63) is 81.1 Å². The van der Waals surface area contributed by atoms with Gasteiger partial charge in [0.25, 0.3) is 0 Å². The van der Waals surface area contributed by atoms with Crippen LogP contribution in [0.1, 0.15) is 13.8 Å². The molecule has 0 bridgehead atoms. The van der Waals surface area contributed by atoms with Crippen LogP contribution in [0.15, 0.2) is 70.3 Å². The third-order valence-electron chi connectivity index (χ3n) is 2.90. The van der Waals surface area contributed by atoms with Crippen LogP contribution in [0.5, 0.6) is 11.5 Å². The molecule has 0 saturated carbocycles. The summed E-state index contributed by atoms with van der Waals surface area (Å²) in [6.07, 6.45) is 0. The maximum absolute atomic E-state index is 10.5. The van der Waals surface area contributed by atoms with Crippen LogP contribution < -0.4 is 50.3 Å². The normalized spacial score (nSPS) is 9.31. The van der Waals surface area contributed by atoms with Crippen LogP contribution in [0.25, 0.3) is 0 Å². The number of hydrogen-bond donors (Lipinski definition) is 2. The maximum Gasteiger partial charge on any atom is 3.00 e. The van der Waals surface area contributed by atoms with Crippen molar-refractivity contribution >= 4 is 0 Å². The Kier molecular flexibility index (Phi) is 23.9. The van der Waals surface area contributed by atoms with E-state index >= 15 is 0 Å². The molecule has 0 unspecified atom stereocenters. The molecule has 2 aromatic carbocycles. The van der Waals surface area contributed by atoms with Gasteiger partial charge in [0.2, 0.25) is 0 Å². The van der Waals surface area contributed by atoms with E-state index in [2.05, 4.69) is 24.5 Å². The quantitative estimate of drug-likeness (QED) is 0.366. The van der Waals surface area contributed by atoms with Gasteiger partial charge >= 0.3 is 16.8 Å². The summed E-state index contributed by atoms with van der Waals surface area (Å²) in [5.74, 6) is -0.917. The molecule has 2 N–H and O–H groups in total. The fraction of sp³-hybridized carbons (Fsp3) is 0.300. The van der Waals surface area contributed by atoms with Crippen LogP contribution in [0.4, 0.5) is 0 Å². The first-order valence-electron chi connectivity index (χ1n) is 9.08. The van der Waals surface area contributed by atoms with Crippen LogP contribution >= 0.6 is 0 Å². The van der Waals surface area contributed by atoms with Crippen LogP contribution in [0, 0.1) is 10.2 Å². The molecular formula is C20H26ClCoN2O8. The minimum absolute atomic E-state index is 0. The molecule has 0 spiro atoms. The van der Waals surface area contributed by atoms with E-state index in [1.807, 2.05) is 0 Å². The van der Waals surface area contributed by atoms with Gasteiger partial charge in [-0.3, -0.25) is 9.59 Å². The number of likely N-dealkylation sites (N-methyl/N-ethyl adjacent to an activating group) is 2. The van der Waals surface area contributed by atoms with E-state index in [1.165, 1.54) is 24.3 Å². The molecular weight excluding hydrogens is 491 g/mol. The topological polar surface area (TPSA) is 197 Å². The van der Waals surface area contributed by atoms with Gasteiger partial charge in [-0.1, -0.05) is 73.9 Å². The van der Waals surface area contributed by atoms with E-state index in [-0.39, 0.29) is 16.8 Å². The second-order valence-electron chi connectivity index (χ2n) is 5.36. The van der Waals surface area contributed by atoms with Gasteiger partial charge in [0.05, 0.1) is 0 Å². The van der Waals surface area contributed by atoms with Crippen LogP contribution in [-0.4, -0.2) is 26.2 Å². The zero-order valence-corrected chi connectivity index (χ0v) is 19.4. The summed E-state index contributed by atoms with van der Waals surface area (Å²) in [6, 6.07) is 14.5. The van der Waals surface area contributed by atoms with Crippen molar-refractivity contribution in [2.24, 2.45) is 0 Å². The predicted molar refractivity (Wildman–Crippen MR) is 101 cm³/mol. The molecule has 0 heterocycles. The predicted octanol–water partition coefficient (Wildman–Crippen LogP) is -4.31. The first-order chi connectivity index (χ1) is 14.5. The molecule has 2 rings (SSSR count). The summed E-state index contributed by atoms with van der Waals surface area (Å²) in [5, 5.41) is 27.5. The van der Waals surface area contributed by atoms with E-state index in [9.17, 15) is 19.8 Å². The molecule has 0 aliphatic heterocycles. The summed E-state index contributed by atoms with van der Waals surface area (Å²) in [6.45, 7) is 8.56. The fourth-order valence-electron chi connectivity index (χ4n) is 1.56. The summed E-state index contributed by atoms with van der Waals surface area (Å²) < 4.78 is 34.0. The molecule has 32 heavy (non-hydrogen) atoms. The van der Waals surface area contributed by atoms with Crippen molar-refractivity contribution in [1.29, 1.82) is 0 Å². The SMILES string of the molecule is CCNCCNCC.O=c1cccccc1[O-].O=c1cccccc1[O-].[Co+3].[O-][Cl+3]([O-])([O-])[O-]. The Morgan fingerprint density at radius 3 is 1.22 bits per heavy atom. The van der Waals surface area contributed by atoms with Crippen LogP contribution in [0.3, 0.4) is 0 Å². The molecule has 0 aromatic heterocycles. The molecule has 0 atom stereocenters. The minimum Gasteiger partial charge on any atom is -0.870 e. The Morgan fingerprint density at radius 2 is 0.938 bits per heavy atom. The zero-order valence-electron chi connectivity index (χ0n) is 17.6.